The molecule has 1 rings (SSSR count). The van der Waals surface area contributed by atoms with Gasteiger partial charge < -0.3 is 10.5 Å². The summed E-state index contributed by atoms with van der Waals surface area (Å²) in [6.45, 7) is 4.10. The summed E-state index contributed by atoms with van der Waals surface area (Å²) in [4.78, 5) is 0. The summed E-state index contributed by atoms with van der Waals surface area (Å²) >= 11 is 0. The van der Waals surface area contributed by atoms with Gasteiger partial charge in [-0.2, -0.15) is 0 Å². The normalized spacial score (nSPS) is 12.6. The van der Waals surface area contributed by atoms with E-state index in [9.17, 15) is 0 Å². The second-order valence-electron chi connectivity index (χ2n) is 3.21. The summed E-state index contributed by atoms with van der Waals surface area (Å²) < 4.78 is 5.23. The van der Waals surface area contributed by atoms with E-state index in [1.54, 1.807) is 7.11 Å². The zero-order valence-electron chi connectivity index (χ0n) is 8.50. The summed E-state index contributed by atoms with van der Waals surface area (Å²) in [5, 5.41) is 0. The Kier molecular flexibility index (Phi) is 3.32. The third-order valence-electron chi connectivity index (χ3n) is 2.21. The van der Waals surface area contributed by atoms with Gasteiger partial charge in [0.1, 0.15) is 5.75 Å². The highest BCUT2D eigenvalue weighted by Gasteiger charge is 2.04. The van der Waals surface area contributed by atoms with E-state index in [4.69, 9.17) is 10.5 Å². The molecule has 72 valence electrons. The van der Waals surface area contributed by atoms with Crippen molar-refractivity contribution in [3.63, 3.8) is 0 Å². The van der Waals surface area contributed by atoms with Crippen LogP contribution in [0.15, 0.2) is 18.2 Å². The molecule has 0 saturated heterocycles. The van der Waals surface area contributed by atoms with E-state index < -0.39 is 0 Å². The summed E-state index contributed by atoms with van der Waals surface area (Å²) in [7, 11) is 1.69. The first-order valence-corrected chi connectivity index (χ1v) is 4.61. The quantitative estimate of drug-likeness (QED) is 0.772. The maximum absolute atomic E-state index is 5.79. The van der Waals surface area contributed by atoms with Crippen molar-refractivity contribution in [1.82, 2.24) is 0 Å². The van der Waals surface area contributed by atoms with Crippen molar-refractivity contribution in [3.8, 4) is 5.75 Å². The Morgan fingerprint density at radius 2 is 2.15 bits per heavy atom. The Balaban J connectivity index is 3.05. The first-order chi connectivity index (χ1) is 6.19. The molecule has 0 heterocycles. The first-order valence-electron chi connectivity index (χ1n) is 4.61. The number of hydrogen-bond acceptors (Lipinski definition) is 2. The standard InChI is InChI=1S/C11H17NO/c1-4-9-7-10(8(2)12)5-6-11(9)13-3/h5-8H,4,12H2,1-3H3/t8-/m0/s1. The van der Waals surface area contributed by atoms with Crippen LogP contribution in [-0.4, -0.2) is 7.11 Å². The molecule has 0 radical (unpaired) electrons. The maximum Gasteiger partial charge on any atom is 0.122 e. The van der Waals surface area contributed by atoms with Crippen LogP contribution in [0.4, 0.5) is 0 Å². The Morgan fingerprint density at radius 3 is 2.62 bits per heavy atom. The Labute approximate surface area is 79.7 Å². The molecule has 1 aromatic rings. The van der Waals surface area contributed by atoms with E-state index in [-0.39, 0.29) is 6.04 Å². The molecular formula is C11H17NO. The van der Waals surface area contributed by atoms with Gasteiger partial charge in [-0.3, -0.25) is 0 Å². The number of rotatable bonds is 3. The lowest BCUT2D eigenvalue weighted by Gasteiger charge is -2.11. The highest BCUT2D eigenvalue weighted by Crippen LogP contribution is 2.22. The minimum absolute atomic E-state index is 0.0937. The lowest BCUT2D eigenvalue weighted by molar-refractivity contribution is 0.410. The van der Waals surface area contributed by atoms with Crippen LogP contribution in [0.1, 0.15) is 31.0 Å². The molecule has 0 saturated carbocycles. The van der Waals surface area contributed by atoms with Gasteiger partial charge >= 0.3 is 0 Å². The molecule has 2 N–H and O–H groups in total. The molecule has 2 nitrogen and oxygen atoms in total. The van der Waals surface area contributed by atoms with Crippen LogP contribution in [0.3, 0.4) is 0 Å². The van der Waals surface area contributed by atoms with Crippen molar-refractivity contribution >= 4 is 0 Å². The molecule has 13 heavy (non-hydrogen) atoms. The number of aryl methyl sites for hydroxylation is 1. The van der Waals surface area contributed by atoms with E-state index >= 15 is 0 Å². The first kappa shape index (κ1) is 10.1. The van der Waals surface area contributed by atoms with Gasteiger partial charge in [-0.15, -0.1) is 0 Å². The van der Waals surface area contributed by atoms with Gasteiger partial charge in [-0.25, -0.2) is 0 Å². The molecule has 0 aliphatic rings. The monoisotopic (exact) mass is 179 g/mol. The van der Waals surface area contributed by atoms with Crippen molar-refractivity contribution in [1.29, 1.82) is 0 Å². The van der Waals surface area contributed by atoms with Crippen molar-refractivity contribution in [2.24, 2.45) is 5.73 Å². The molecule has 0 fully saturated rings. The van der Waals surface area contributed by atoms with Gasteiger partial charge in [-0.1, -0.05) is 19.1 Å². The minimum Gasteiger partial charge on any atom is -0.496 e. The fraction of sp³-hybridized carbons (Fsp3) is 0.455. The smallest absolute Gasteiger partial charge is 0.122 e. The number of benzene rings is 1. The topological polar surface area (TPSA) is 35.2 Å². The highest BCUT2D eigenvalue weighted by atomic mass is 16.5. The molecule has 0 aliphatic carbocycles. The molecule has 0 spiro atoms. The number of hydrogen-bond donors (Lipinski definition) is 1. The maximum atomic E-state index is 5.79. The third-order valence-corrected chi connectivity index (χ3v) is 2.21. The molecule has 2 heteroatoms. The Bertz CT molecular complexity index is 281. The lowest BCUT2D eigenvalue weighted by atomic mass is 10.0. The Hall–Kier alpha value is -1.02. The van der Waals surface area contributed by atoms with Crippen LogP contribution in [-0.2, 0) is 6.42 Å². The predicted octanol–water partition coefficient (Wildman–Crippen LogP) is 2.28. The van der Waals surface area contributed by atoms with E-state index in [1.165, 1.54) is 5.56 Å². The van der Waals surface area contributed by atoms with Gasteiger partial charge in [0.15, 0.2) is 0 Å². The van der Waals surface area contributed by atoms with Crippen molar-refractivity contribution in [2.45, 2.75) is 26.3 Å². The average molecular weight is 179 g/mol. The fourth-order valence-corrected chi connectivity index (χ4v) is 1.36. The van der Waals surface area contributed by atoms with E-state index in [2.05, 4.69) is 13.0 Å². The fourth-order valence-electron chi connectivity index (χ4n) is 1.36. The molecule has 1 aromatic carbocycles. The zero-order valence-corrected chi connectivity index (χ0v) is 8.50. The summed E-state index contributed by atoms with van der Waals surface area (Å²) in [6, 6.07) is 6.21. The van der Waals surface area contributed by atoms with E-state index in [1.807, 2.05) is 19.1 Å². The van der Waals surface area contributed by atoms with Crippen LogP contribution in [0.5, 0.6) is 5.75 Å². The largest absolute Gasteiger partial charge is 0.496 e. The van der Waals surface area contributed by atoms with E-state index in [0.29, 0.717) is 0 Å². The summed E-state index contributed by atoms with van der Waals surface area (Å²) in [5.41, 5.74) is 8.17. The lowest BCUT2D eigenvalue weighted by Crippen LogP contribution is -2.05. The van der Waals surface area contributed by atoms with Gasteiger partial charge in [0.25, 0.3) is 0 Å². The molecule has 1 atom stereocenters. The average Bonchev–Trinajstić information content (AvgIpc) is 2.16. The number of methoxy groups -OCH3 is 1. The van der Waals surface area contributed by atoms with Crippen LogP contribution in [0.2, 0.25) is 0 Å². The second-order valence-corrected chi connectivity index (χ2v) is 3.21. The van der Waals surface area contributed by atoms with Crippen LogP contribution < -0.4 is 10.5 Å². The molecular weight excluding hydrogens is 162 g/mol. The summed E-state index contributed by atoms with van der Waals surface area (Å²) in [6.07, 6.45) is 0.976. The minimum atomic E-state index is 0.0937. The summed E-state index contributed by atoms with van der Waals surface area (Å²) in [5.74, 6) is 0.951. The van der Waals surface area contributed by atoms with Crippen LogP contribution in [0.25, 0.3) is 0 Å². The molecule has 0 unspecified atom stereocenters. The molecule has 0 aromatic heterocycles. The number of nitrogens with two attached hydrogens (primary N) is 1. The van der Waals surface area contributed by atoms with Crippen molar-refractivity contribution in [3.05, 3.63) is 29.3 Å². The van der Waals surface area contributed by atoms with Crippen LogP contribution >= 0.6 is 0 Å². The highest BCUT2D eigenvalue weighted by molar-refractivity contribution is 5.38. The molecule has 0 aliphatic heterocycles. The van der Waals surface area contributed by atoms with Crippen LogP contribution in [0, 0.1) is 0 Å². The third kappa shape index (κ3) is 2.22. The second kappa shape index (κ2) is 4.28. The Morgan fingerprint density at radius 1 is 1.46 bits per heavy atom. The van der Waals surface area contributed by atoms with Gasteiger partial charge in [0.05, 0.1) is 7.11 Å². The zero-order chi connectivity index (χ0) is 9.84. The SMILES string of the molecule is CCc1cc([C@H](C)N)ccc1OC. The van der Waals surface area contributed by atoms with Gasteiger partial charge in [-0.05, 0) is 30.5 Å². The predicted molar refractivity (Wildman–Crippen MR) is 55.0 cm³/mol. The number of ether oxygens (including phenoxy) is 1. The van der Waals surface area contributed by atoms with E-state index in [0.717, 1.165) is 17.7 Å². The van der Waals surface area contributed by atoms with Crippen molar-refractivity contribution in [2.75, 3.05) is 7.11 Å². The van der Waals surface area contributed by atoms with Gasteiger partial charge in [0, 0.05) is 6.04 Å². The molecule has 0 amide bonds. The van der Waals surface area contributed by atoms with Crippen molar-refractivity contribution < 1.29 is 4.74 Å². The van der Waals surface area contributed by atoms with Gasteiger partial charge in [0.2, 0.25) is 0 Å². The molecule has 0 bridgehead atoms.